The molecule has 6 heteroatoms. The van der Waals surface area contributed by atoms with E-state index in [-0.39, 0.29) is 5.41 Å². The molecule has 0 unspecified atom stereocenters. The molecule has 1 fully saturated rings. The Hall–Kier alpha value is -0.380. The van der Waals surface area contributed by atoms with Crippen molar-refractivity contribution in [2.75, 3.05) is 13.2 Å². The average molecular weight is 291 g/mol. The van der Waals surface area contributed by atoms with Crippen LogP contribution in [-0.4, -0.2) is 18.3 Å². The Labute approximate surface area is 111 Å². The Morgan fingerprint density at radius 3 is 2.28 bits per heavy atom. The van der Waals surface area contributed by atoms with Gasteiger partial charge in [-0.2, -0.15) is 0 Å². The SMILES string of the molecule is CC1(C)COP(=O)([C@@H](O)c2ccc(Cl)cc2)OC1. The average Bonchev–Trinajstić information content (AvgIpc) is 2.34. The van der Waals surface area contributed by atoms with Gasteiger partial charge in [-0.05, 0) is 17.7 Å². The highest BCUT2D eigenvalue weighted by Gasteiger charge is 2.42. The summed E-state index contributed by atoms with van der Waals surface area (Å²) >= 11 is 5.76. The first-order valence-electron chi connectivity index (χ1n) is 5.65. The molecule has 1 saturated heterocycles. The summed E-state index contributed by atoms with van der Waals surface area (Å²) in [5.74, 6) is -1.27. The Kier molecular flexibility index (Phi) is 3.86. The molecule has 0 spiro atoms. The van der Waals surface area contributed by atoms with E-state index in [1.54, 1.807) is 24.3 Å². The van der Waals surface area contributed by atoms with Crippen LogP contribution in [0.1, 0.15) is 25.3 Å². The first-order chi connectivity index (χ1) is 8.32. The van der Waals surface area contributed by atoms with Crippen molar-refractivity contribution >= 4 is 19.2 Å². The van der Waals surface area contributed by atoms with Gasteiger partial charge < -0.3 is 14.2 Å². The van der Waals surface area contributed by atoms with E-state index in [1.165, 1.54) is 0 Å². The third-order valence-electron chi connectivity index (χ3n) is 2.74. The molecule has 4 nitrogen and oxygen atoms in total. The molecule has 100 valence electrons. The minimum absolute atomic E-state index is 0.187. The summed E-state index contributed by atoms with van der Waals surface area (Å²) < 4.78 is 22.9. The predicted molar refractivity (Wildman–Crippen MR) is 69.7 cm³/mol. The number of aliphatic hydroxyl groups is 1. The van der Waals surface area contributed by atoms with Gasteiger partial charge >= 0.3 is 7.60 Å². The fourth-order valence-corrected chi connectivity index (χ4v) is 3.65. The zero-order chi connectivity index (χ0) is 13.4. The molecule has 0 bridgehead atoms. The second-order valence-electron chi connectivity index (χ2n) is 5.18. The summed E-state index contributed by atoms with van der Waals surface area (Å²) in [7, 11) is -3.51. The first-order valence-corrected chi connectivity index (χ1v) is 7.64. The highest BCUT2D eigenvalue weighted by molar-refractivity contribution is 7.54. The van der Waals surface area contributed by atoms with Crippen molar-refractivity contribution in [1.82, 2.24) is 0 Å². The van der Waals surface area contributed by atoms with Gasteiger partial charge in [0.25, 0.3) is 0 Å². The maximum Gasteiger partial charge on any atom is 0.363 e. The molecule has 1 aromatic carbocycles. The lowest BCUT2D eigenvalue weighted by Gasteiger charge is -2.35. The van der Waals surface area contributed by atoms with Crippen molar-refractivity contribution in [3.63, 3.8) is 0 Å². The van der Waals surface area contributed by atoms with Crippen molar-refractivity contribution in [2.24, 2.45) is 5.41 Å². The Morgan fingerprint density at radius 2 is 1.78 bits per heavy atom. The van der Waals surface area contributed by atoms with Crippen LogP contribution in [0.3, 0.4) is 0 Å². The minimum atomic E-state index is -3.51. The molecule has 0 aliphatic carbocycles. The van der Waals surface area contributed by atoms with Gasteiger partial charge in [0.1, 0.15) is 0 Å². The molecular weight excluding hydrogens is 275 g/mol. The topological polar surface area (TPSA) is 55.8 Å². The van der Waals surface area contributed by atoms with Crippen LogP contribution in [0.4, 0.5) is 0 Å². The smallest absolute Gasteiger partial charge is 0.363 e. The van der Waals surface area contributed by atoms with Crippen LogP contribution in [0.5, 0.6) is 0 Å². The third kappa shape index (κ3) is 2.95. The third-order valence-corrected chi connectivity index (χ3v) is 4.87. The second kappa shape index (κ2) is 4.95. The van der Waals surface area contributed by atoms with Crippen molar-refractivity contribution < 1.29 is 18.7 Å². The molecular formula is C12H16ClO4P. The molecule has 1 aliphatic rings. The Bertz CT molecular complexity index is 457. The number of halogens is 1. The molecule has 1 aliphatic heterocycles. The van der Waals surface area contributed by atoms with Crippen molar-refractivity contribution in [2.45, 2.75) is 19.7 Å². The molecule has 2 rings (SSSR count). The zero-order valence-electron chi connectivity index (χ0n) is 10.3. The maximum atomic E-state index is 12.4. The number of hydrogen-bond acceptors (Lipinski definition) is 4. The quantitative estimate of drug-likeness (QED) is 0.846. The molecule has 1 atom stereocenters. The number of hydrogen-bond donors (Lipinski definition) is 1. The fourth-order valence-electron chi connectivity index (χ4n) is 1.57. The fraction of sp³-hybridized carbons (Fsp3) is 0.500. The molecule has 1 N–H and O–H groups in total. The van der Waals surface area contributed by atoms with E-state index >= 15 is 0 Å². The normalized spacial score (nSPS) is 23.6. The zero-order valence-corrected chi connectivity index (χ0v) is 11.9. The van der Waals surface area contributed by atoms with Gasteiger partial charge in [-0.25, -0.2) is 0 Å². The molecule has 1 aromatic rings. The number of rotatable bonds is 2. The summed E-state index contributed by atoms with van der Waals surface area (Å²) in [6, 6.07) is 6.47. The number of benzene rings is 1. The van der Waals surface area contributed by atoms with Crippen LogP contribution in [0.2, 0.25) is 5.02 Å². The maximum absolute atomic E-state index is 12.4. The van der Waals surface area contributed by atoms with E-state index in [4.69, 9.17) is 20.6 Å². The van der Waals surface area contributed by atoms with Crippen molar-refractivity contribution in [3.8, 4) is 0 Å². The first kappa shape index (κ1) is 14.0. The minimum Gasteiger partial charge on any atom is -0.376 e. The van der Waals surface area contributed by atoms with Crippen LogP contribution in [0.15, 0.2) is 24.3 Å². The van der Waals surface area contributed by atoms with E-state index in [0.29, 0.717) is 23.8 Å². The van der Waals surface area contributed by atoms with Gasteiger partial charge in [0.05, 0.1) is 13.2 Å². The van der Waals surface area contributed by atoms with Gasteiger partial charge in [-0.15, -0.1) is 0 Å². The molecule has 18 heavy (non-hydrogen) atoms. The van der Waals surface area contributed by atoms with Crippen LogP contribution in [0, 0.1) is 5.41 Å². The molecule has 0 saturated carbocycles. The monoisotopic (exact) mass is 290 g/mol. The van der Waals surface area contributed by atoms with E-state index in [9.17, 15) is 9.67 Å². The van der Waals surface area contributed by atoms with Crippen molar-refractivity contribution in [3.05, 3.63) is 34.9 Å². The highest BCUT2D eigenvalue weighted by Crippen LogP contribution is 2.62. The second-order valence-corrected chi connectivity index (χ2v) is 7.70. The Morgan fingerprint density at radius 1 is 1.28 bits per heavy atom. The van der Waals surface area contributed by atoms with Crippen LogP contribution < -0.4 is 0 Å². The van der Waals surface area contributed by atoms with E-state index in [2.05, 4.69) is 0 Å². The summed E-state index contributed by atoms with van der Waals surface area (Å²) in [5.41, 5.74) is 0.288. The molecule has 0 aromatic heterocycles. The van der Waals surface area contributed by atoms with Gasteiger partial charge in [-0.1, -0.05) is 37.6 Å². The van der Waals surface area contributed by atoms with Gasteiger partial charge in [0, 0.05) is 10.4 Å². The van der Waals surface area contributed by atoms with Crippen LogP contribution in [0.25, 0.3) is 0 Å². The van der Waals surface area contributed by atoms with E-state index in [1.807, 2.05) is 13.8 Å². The molecule has 0 amide bonds. The summed E-state index contributed by atoms with van der Waals surface area (Å²) in [6.45, 7) is 4.50. The lowest BCUT2D eigenvalue weighted by Crippen LogP contribution is -2.30. The van der Waals surface area contributed by atoms with Gasteiger partial charge in [0.2, 0.25) is 0 Å². The molecule has 0 radical (unpaired) electrons. The summed E-state index contributed by atoms with van der Waals surface area (Å²) in [4.78, 5) is 0. The van der Waals surface area contributed by atoms with Crippen LogP contribution in [-0.2, 0) is 13.6 Å². The Balaban J connectivity index is 2.16. The lowest BCUT2D eigenvalue weighted by atomic mass is 9.97. The van der Waals surface area contributed by atoms with E-state index < -0.39 is 13.4 Å². The number of aliphatic hydroxyl groups excluding tert-OH is 1. The van der Waals surface area contributed by atoms with Gasteiger partial charge in [0.15, 0.2) is 5.85 Å². The molecule has 1 heterocycles. The summed E-state index contributed by atoms with van der Waals surface area (Å²) in [5, 5.41) is 10.7. The highest BCUT2D eigenvalue weighted by atomic mass is 35.5. The van der Waals surface area contributed by atoms with Crippen LogP contribution >= 0.6 is 19.2 Å². The largest absolute Gasteiger partial charge is 0.376 e. The standard InChI is InChI=1S/C12H16ClO4P/c1-12(2)7-16-18(15,17-8-12)11(14)9-3-5-10(13)6-4-9/h3-6,11,14H,7-8H2,1-2H3/t11-/m1/s1. The van der Waals surface area contributed by atoms with Crippen molar-refractivity contribution in [1.29, 1.82) is 0 Å². The lowest BCUT2D eigenvalue weighted by molar-refractivity contribution is 0.0229. The summed E-state index contributed by atoms with van der Waals surface area (Å²) in [6.07, 6.45) is 0. The van der Waals surface area contributed by atoms with E-state index in [0.717, 1.165) is 0 Å². The van der Waals surface area contributed by atoms with Gasteiger partial charge in [-0.3, -0.25) is 4.57 Å². The predicted octanol–water partition coefficient (Wildman–Crippen LogP) is 3.60.